The molecule has 2 aromatic rings. The van der Waals surface area contributed by atoms with Gasteiger partial charge in [-0.05, 0) is 64.1 Å². The van der Waals surface area contributed by atoms with E-state index in [0.29, 0.717) is 10.7 Å². The molecule has 0 atom stereocenters. The smallest absolute Gasteiger partial charge is 0.264 e. The summed E-state index contributed by atoms with van der Waals surface area (Å²) in [5.41, 5.74) is 0.864. The zero-order valence-corrected chi connectivity index (χ0v) is 16.9. The molecule has 0 aliphatic carbocycles. The summed E-state index contributed by atoms with van der Waals surface area (Å²) in [6, 6.07) is 12.9. The van der Waals surface area contributed by atoms with E-state index in [9.17, 15) is 13.2 Å². The van der Waals surface area contributed by atoms with Crippen molar-refractivity contribution in [2.75, 3.05) is 10.8 Å². The maximum Gasteiger partial charge on any atom is 0.264 e. The minimum absolute atomic E-state index is 0.126. The molecule has 0 unspecified atom stereocenters. The van der Waals surface area contributed by atoms with E-state index in [1.807, 2.05) is 27.7 Å². The molecule has 0 heterocycles. The molecule has 2 rings (SSSR count). The number of nitrogens with zero attached hydrogens (tertiary/aromatic N) is 1. The second-order valence-corrected chi connectivity index (χ2v) is 9.40. The average Bonchev–Trinajstić information content (AvgIpc) is 2.52. The van der Waals surface area contributed by atoms with Crippen molar-refractivity contribution in [3.63, 3.8) is 0 Å². The van der Waals surface area contributed by atoms with Gasteiger partial charge in [-0.1, -0.05) is 29.3 Å². The van der Waals surface area contributed by atoms with Crippen molar-refractivity contribution in [2.45, 2.75) is 38.1 Å². The largest absolute Gasteiger partial charge is 0.350 e. The van der Waals surface area contributed by atoms with E-state index < -0.39 is 15.6 Å². The van der Waals surface area contributed by atoms with E-state index >= 15 is 0 Å². The molecule has 7 heteroatoms. The first-order chi connectivity index (χ1) is 12.0. The summed E-state index contributed by atoms with van der Waals surface area (Å²) in [6.45, 7) is 7.07. The number of hydrogen-bond donors (Lipinski definition) is 1. The number of rotatable bonds is 5. The highest BCUT2D eigenvalue weighted by atomic mass is 35.5. The Bertz CT molecular complexity index is 870. The predicted octanol–water partition coefficient (Wildman–Crippen LogP) is 3.76. The fourth-order valence-corrected chi connectivity index (χ4v) is 3.90. The van der Waals surface area contributed by atoms with Crippen molar-refractivity contribution in [3.8, 4) is 0 Å². The van der Waals surface area contributed by atoms with E-state index in [-0.39, 0.29) is 17.3 Å². The fraction of sp³-hybridized carbons (Fsp3) is 0.316. The number of halogens is 1. The molecular weight excluding hydrogens is 372 g/mol. The van der Waals surface area contributed by atoms with Gasteiger partial charge in [0.25, 0.3) is 10.0 Å². The summed E-state index contributed by atoms with van der Waals surface area (Å²) in [7, 11) is -3.90. The first-order valence-electron chi connectivity index (χ1n) is 8.15. The van der Waals surface area contributed by atoms with Crippen LogP contribution in [-0.2, 0) is 14.8 Å². The molecule has 26 heavy (non-hydrogen) atoms. The van der Waals surface area contributed by atoms with Crippen molar-refractivity contribution >= 4 is 33.2 Å². The second kappa shape index (κ2) is 7.68. The lowest BCUT2D eigenvalue weighted by Gasteiger charge is -2.27. The lowest BCUT2D eigenvalue weighted by molar-refractivity contribution is -0.121. The number of carbonyl (C=O) groups is 1. The first kappa shape index (κ1) is 20.3. The number of anilines is 1. The molecule has 1 amide bonds. The highest BCUT2D eigenvalue weighted by molar-refractivity contribution is 7.92. The minimum atomic E-state index is -3.90. The lowest BCUT2D eigenvalue weighted by Crippen LogP contribution is -2.47. The summed E-state index contributed by atoms with van der Waals surface area (Å²) >= 11 is 5.91. The molecular formula is C19H23ClN2O3S. The van der Waals surface area contributed by atoms with Gasteiger partial charge in [0, 0.05) is 10.6 Å². The molecule has 0 radical (unpaired) electrons. The highest BCUT2D eigenvalue weighted by Crippen LogP contribution is 2.25. The predicted molar refractivity (Wildman–Crippen MR) is 105 cm³/mol. The standard InChI is InChI=1S/C19H23ClN2O3S/c1-14-5-11-17(12-6-14)26(24,25)22(13-18(23)21-19(2,3)4)16-9-7-15(20)8-10-16/h5-12H,13H2,1-4H3,(H,21,23). The molecule has 1 N–H and O–H groups in total. The van der Waals surface area contributed by atoms with Gasteiger partial charge < -0.3 is 5.32 Å². The molecule has 0 aliphatic heterocycles. The second-order valence-electron chi connectivity index (χ2n) is 7.10. The van der Waals surface area contributed by atoms with Gasteiger partial charge in [-0.2, -0.15) is 0 Å². The van der Waals surface area contributed by atoms with E-state index in [1.165, 1.54) is 12.1 Å². The maximum atomic E-state index is 13.1. The van der Waals surface area contributed by atoms with Gasteiger partial charge in [0.1, 0.15) is 6.54 Å². The van der Waals surface area contributed by atoms with Gasteiger partial charge in [0.2, 0.25) is 5.91 Å². The van der Waals surface area contributed by atoms with Crippen molar-refractivity contribution in [3.05, 3.63) is 59.1 Å². The Morgan fingerprint density at radius 2 is 1.58 bits per heavy atom. The molecule has 0 aromatic heterocycles. The summed E-state index contributed by atoms with van der Waals surface area (Å²) in [4.78, 5) is 12.5. The SMILES string of the molecule is Cc1ccc(S(=O)(=O)N(CC(=O)NC(C)(C)C)c2ccc(Cl)cc2)cc1. The number of hydrogen-bond acceptors (Lipinski definition) is 3. The molecule has 0 bridgehead atoms. The zero-order chi connectivity index (χ0) is 19.5. The van der Waals surface area contributed by atoms with Gasteiger partial charge >= 0.3 is 0 Å². The topological polar surface area (TPSA) is 66.5 Å². The van der Waals surface area contributed by atoms with E-state index in [2.05, 4.69) is 5.32 Å². The van der Waals surface area contributed by atoms with Crippen LogP contribution in [0.2, 0.25) is 5.02 Å². The summed E-state index contributed by atoms with van der Waals surface area (Å²) in [5, 5.41) is 3.28. The lowest BCUT2D eigenvalue weighted by atomic mass is 10.1. The van der Waals surface area contributed by atoms with Crippen molar-refractivity contribution in [1.29, 1.82) is 0 Å². The Labute approximate surface area is 160 Å². The monoisotopic (exact) mass is 394 g/mol. The molecule has 0 aliphatic rings. The number of aryl methyl sites for hydroxylation is 1. The Morgan fingerprint density at radius 3 is 2.08 bits per heavy atom. The Balaban J connectivity index is 2.44. The third-order valence-corrected chi connectivity index (χ3v) is 5.57. The number of amides is 1. The van der Waals surface area contributed by atoms with Crippen LogP contribution in [-0.4, -0.2) is 26.4 Å². The number of sulfonamides is 1. The fourth-order valence-electron chi connectivity index (χ4n) is 2.35. The Hall–Kier alpha value is -2.05. The third-order valence-electron chi connectivity index (χ3n) is 3.53. The highest BCUT2D eigenvalue weighted by Gasteiger charge is 2.28. The van der Waals surface area contributed by atoms with E-state index in [1.54, 1.807) is 36.4 Å². The van der Waals surface area contributed by atoms with E-state index in [4.69, 9.17) is 11.6 Å². The number of nitrogens with one attached hydrogen (secondary N) is 1. The van der Waals surface area contributed by atoms with Crippen LogP contribution in [0.15, 0.2) is 53.4 Å². The van der Waals surface area contributed by atoms with Crippen LogP contribution in [0.1, 0.15) is 26.3 Å². The summed E-state index contributed by atoms with van der Waals surface area (Å²) in [6.07, 6.45) is 0. The Kier molecular flexibility index (Phi) is 5.98. The van der Waals surface area contributed by atoms with Crippen LogP contribution in [0.3, 0.4) is 0 Å². The van der Waals surface area contributed by atoms with Crippen molar-refractivity contribution in [2.24, 2.45) is 0 Å². The van der Waals surface area contributed by atoms with Gasteiger partial charge in [-0.3, -0.25) is 9.10 Å². The van der Waals surface area contributed by atoms with E-state index in [0.717, 1.165) is 9.87 Å². The van der Waals surface area contributed by atoms with Crippen LogP contribution in [0.25, 0.3) is 0 Å². The molecule has 140 valence electrons. The van der Waals surface area contributed by atoms with Gasteiger partial charge in [0.05, 0.1) is 10.6 Å². The molecule has 0 spiro atoms. The van der Waals surface area contributed by atoms with Gasteiger partial charge in [-0.15, -0.1) is 0 Å². The molecule has 0 saturated heterocycles. The third kappa shape index (κ3) is 5.22. The normalized spacial score (nSPS) is 11.9. The number of carbonyl (C=O) groups excluding carboxylic acids is 1. The van der Waals surface area contributed by atoms with Gasteiger partial charge in [-0.25, -0.2) is 8.42 Å². The molecule has 5 nitrogen and oxygen atoms in total. The quantitative estimate of drug-likeness (QED) is 0.839. The van der Waals surface area contributed by atoms with Crippen LogP contribution in [0.4, 0.5) is 5.69 Å². The zero-order valence-electron chi connectivity index (χ0n) is 15.3. The minimum Gasteiger partial charge on any atom is -0.350 e. The number of benzene rings is 2. The van der Waals surface area contributed by atoms with Crippen LogP contribution in [0, 0.1) is 6.92 Å². The van der Waals surface area contributed by atoms with Crippen molar-refractivity contribution in [1.82, 2.24) is 5.32 Å². The first-order valence-corrected chi connectivity index (χ1v) is 9.97. The summed E-state index contributed by atoms with van der Waals surface area (Å²) < 4.78 is 27.4. The van der Waals surface area contributed by atoms with Crippen LogP contribution in [0.5, 0.6) is 0 Å². The summed E-state index contributed by atoms with van der Waals surface area (Å²) in [5.74, 6) is -0.386. The van der Waals surface area contributed by atoms with Crippen LogP contribution >= 0.6 is 11.6 Å². The van der Waals surface area contributed by atoms with Crippen molar-refractivity contribution < 1.29 is 13.2 Å². The molecule has 0 saturated carbocycles. The average molecular weight is 395 g/mol. The molecule has 0 fully saturated rings. The van der Waals surface area contributed by atoms with Crippen LogP contribution < -0.4 is 9.62 Å². The van der Waals surface area contributed by atoms with Gasteiger partial charge in [0.15, 0.2) is 0 Å². The molecule has 2 aromatic carbocycles. The Morgan fingerprint density at radius 1 is 1.04 bits per heavy atom. The maximum absolute atomic E-state index is 13.1.